The van der Waals surface area contributed by atoms with E-state index in [1.165, 1.54) is 12.5 Å². The number of halogens is 1. The maximum atomic E-state index is 14.2. The summed E-state index contributed by atoms with van der Waals surface area (Å²) in [4.78, 5) is 10.2. The van der Waals surface area contributed by atoms with Crippen molar-refractivity contribution >= 4 is 5.69 Å². The van der Waals surface area contributed by atoms with Crippen molar-refractivity contribution in [2.45, 2.75) is 45.4 Å². The molecule has 116 valence electrons. The first-order valence-corrected chi connectivity index (χ1v) is 7.63. The van der Waals surface area contributed by atoms with Crippen molar-refractivity contribution in [1.29, 1.82) is 0 Å². The van der Waals surface area contributed by atoms with Crippen LogP contribution in [0, 0.1) is 27.3 Å². The van der Waals surface area contributed by atoms with Gasteiger partial charge in [-0.25, -0.2) is 0 Å². The third kappa shape index (κ3) is 3.40. The molecule has 0 aliphatic heterocycles. The van der Waals surface area contributed by atoms with E-state index >= 15 is 0 Å². The molecule has 4 nitrogen and oxygen atoms in total. The van der Waals surface area contributed by atoms with E-state index in [1.54, 1.807) is 12.1 Å². The number of nitro groups is 1. The summed E-state index contributed by atoms with van der Waals surface area (Å²) < 4.78 is 14.2. The average Bonchev–Trinajstić information content (AvgIpc) is 2.50. The van der Waals surface area contributed by atoms with Gasteiger partial charge in [-0.05, 0) is 55.5 Å². The Labute approximate surface area is 124 Å². The van der Waals surface area contributed by atoms with E-state index in [2.05, 4.69) is 6.92 Å². The molecule has 0 amide bonds. The second kappa shape index (κ2) is 6.52. The van der Waals surface area contributed by atoms with Gasteiger partial charge in [0.05, 0.1) is 4.92 Å². The third-order valence-electron chi connectivity index (χ3n) is 5.00. The fraction of sp³-hybridized carbons (Fsp3) is 0.625. The number of hydrogen-bond acceptors (Lipinski definition) is 3. The molecule has 5 heteroatoms. The van der Waals surface area contributed by atoms with Crippen LogP contribution in [0.25, 0.3) is 0 Å². The summed E-state index contributed by atoms with van der Waals surface area (Å²) in [6, 6.07) is 4.41. The van der Waals surface area contributed by atoms with E-state index in [1.807, 2.05) is 0 Å². The number of benzene rings is 1. The SMILES string of the molecule is CCC1CCC(CN)(Cc2cccc([N+](=O)[O-])c2F)CC1. The summed E-state index contributed by atoms with van der Waals surface area (Å²) >= 11 is 0. The Morgan fingerprint density at radius 2 is 2.10 bits per heavy atom. The summed E-state index contributed by atoms with van der Waals surface area (Å²) in [6.07, 6.45) is 5.85. The smallest absolute Gasteiger partial charge is 0.305 e. The molecular formula is C16H23FN2O2. The van der Waals surface area contributed by atoms with Crippen molar-refractivity contribution in [2.75, 3.05) is 6.54 Å². The molecule has 2 rings (SSSR count). The van der Waals surface area contributed by atoms with Gasteiger partial charge < -0.3 is 5.73 Å². The van der Waals surface area contributed by atoms with Crippen LogP contribution in [0.1, 0.15) is 44.6 Å². The van der Waals surface area contributed by atoms with E-state index < -0.39 is 16.4 Å². The summed E-state index contributed by atoms with van der Waals surface area (Å²) in [5.74, 6) is 0.0348. The lowest BCUT2D eigenvalue weighted by molar-refractivity contribution is -0.387. The fourth-order valence-electron chi connectivity index (χ4n) is 3.40. The second-order valence-electron chi connectivity index (χ2n) is 6.24. The number of hydrogen-bond donors (Lipinski definition) is 1. The van der Waals surface area contributed by atoms with Gasteiger partial charge in [0, 0.05) is 6.07 Å². The molecule has 0 radical (unpaired) electrons. The molecular weight excluding hydrogens is 271 g/mol. The fourth-order valence-corrected chi connectivity index (χ4v) is 3.40. The zero-order valence-electron chi connectivity index (χ0n) is 12.5. The molecule has 21 heavy (non-hydrogen) atoms. The van der Waals surface area contributed by atoms with Crippen LogP contribution in [0.4, 0.5) is 10.1 Å². The minimum Gasteiger partial charge on any atom is -0.330 e. The van der Waals surface area contributed by atoms with Crippen molar-refractivity contribution in [2.24, 2.45) is 17.1 Å². The quantitative estimate of drug-likeness (QED) is 0.663. The summed E-state index contributed by atoms with van der Waals surface area (Å²) in [6.45, 7) is 2.70. The lowest BCUT2D eigenvalue weighted by atomic mass is 9.67. The van der Waals surface area contributed by atoms with E-state index in [9.17, 15) is 14.5 Å². The first-order chi connectivity index (χ1) is 10.0. The van der Waals surface area contributed by atoms with Crippen molar-refractivity contribution in [3.8, 4) is 0 Å². The van der Waals surface area contributed by atoms with Gasteiger partial charge in [-0.3, -0.25) is 10.1 Å². The van der Waals surface area contributed by atoms with Gasteiger partial charge in [-0.1, -0.05) is 25.5 Å². The Morgan fingerprint density at radius 1 is 1.43 bits per heavy atom. The van der Waals surface area contributed by atoms with Crippen LogP contribution in [0.3, 0.4) is 0 Å². The van der Waals surface area contributed by atoms with E-state index in [0.717, 1.165) is 31.6 Å². The number of nitro benzene ring substituents is 1. The predicted octanol–water partition coefficient (Wildman–Crippen LogP) is 3.82. The maximum Gasteiger partial charge on any atom is 0.305 e. The molecule has 1 aromatic carbocycles. The van der Waals surface area contributed by atoms with Crippen LogP contribution < -0.4 is 5.73 Å². The minimum absolute atomic E-state index is 0.109. The Bertz CT molecular complexity index is 511. The van der Waals surface area contributed by atoms with Crippen LogP contribution in [0.2, 0.25) is 0 Å². The minimum atomic E-state index is -0.701. The molecule has 1 aliphatic rings. The molecule has 0 unspecified atom stereocenters. The van der Waals surface area contributed by atoms with Gasteiger partial charge in [-0.15, -0.1) is 0 Å². The highest BCUT2D eigenvalue weighted by atomic mass is 19.1. The molecule has 1 saturated carbocycles. The predicted molar refractivity (Wildman–Crippen MR) is 80.5 cm³/mol. The highest BCUT2D eigenvalue weighted by Gasteiger charge is 2.35. The number of nitrogens with zero attached hydrogens (tertiary/aromatic N) is 1. The number of rotatable bonds is 5. The van der Waals surface area contributed by atoms with Crippen molar-refractivity contribution < 1.29 is 9.31 Å². The molecule has 0 aromatic heterocycles. The van der Waals surface area contributed by atoms with Crippen molar-refractivity contribution in [3.63, 3.8) is 0 Å². The molecule has 1 aliphatic carbocycles. The number of nitrogens with two attached hydrogens (primary N) is 1. The molecule has 2 N–H and O–H groups in total. The lowest BCUT2D eigenvalue weighted by Gasteiger charge is -2.39. The van der Waals surface area contributed by atoms with Gasteiger partial charge in [0.2, 0.25) is 5.82 Å². The molecule has 0 saturated heterocycles. The maximum absolute atomic E-state index is 14.2. The summed E-state index contributed by atoms with van der Waals surface area (Å²) in [5, 5.41) is 10.8. The van der Waals surface area contributed by atoms with Crippen LogP contribution in [-0.4, -0.2) is 11.5 Å². The van der Waals surface area contributed by atoms with Crippen LogP contribution >= 0.6 is 0 Å². The Balaban J connectivity index is 2.20. The third-order valence-corrected chi connectivity index (χ3v) is 5.00. The highest BCUT2D eigenvalue weighted by Crippen LogP contribution is 2.42. The summed E-state index contributed by atoms with van der Waals surface area (Å²) in [7, 11) is 0. The highest BCUT2D eigenvalue weighted by molar-refractivity contribution is 5.37. The van der Waals surface area contributed by atoms with Crippen molar-refractivity contribution in [1.82, 2.24) is 0 Å². The standard InChI is InChI=1S/C16H23FN2O2/c1-2-12-6-8-16(11-18,9-7-12)10-13-4-3-5-14(15(13)17)19(20)21/h3-5,12H,2,6-11,18H2,1H3. The lowest BCUT2D eigenvalue weighted by Crippen LogP contribution is -2.37. The Morgan fingerprint density at radius 3 is 2.62 bits per heavy atom. The Kier molecular flexibility index (Phi) is 4.93. The first-order valence-electron chi connectivity index (χ1n) is 7.63. The summed E-state index contributed by atoms with van der Waals surface area (Å²) in [5.41, 5.74) is 5.83. The molecule has 0 spiro atoms. The van der Waals surface area contributed by atoms with Gasteiger partial charge in [-0.2, -0.15) is 4.39 Å². The van der Waals surface area contributed by atoms with Gasteiger partial charge in [0.15, 0.2) is 0 Å². The zero-order valence-corrected chi connectivity index (χ0v) is 12.5. The second-order valence-corrected chi connectivity index (χ2v) is 6.24. The topological polar surface area (TPSA) is 69.2 Å². The van der Waals surface area contributed by atoms with Crippen LogP contribution in [0.5, 0.6) is 0 Å². The van der Waals surface area contributed by atoms with E-state index in [4.69, 9.17) is 5.73 Å². The first kappa shape index (κ1) is 15.9. The van der Waals surface area contributed by atoms with Crippen LogP contribution in [-0.2, 0) is 6.42 Å². The van der Waals surface area contributed by atoms with Crippen molar-refractivity contribution in [3.05, 3.63) is 39.7 Å². The van der Waals surface area contributed by atoms with Gasteiger partial charge >= 0.3 is 5.69 Å². The van der Waals surface area contributed by atoms with Gasteiger partial charge in [0.25, 0.3) is 0 Å². The monoisotopic (exact) mass is 294 g/mol. The molecule has 1 fully saturated rings. The molecule has 1 aromatic rings. The largest absolute Gasteiger partial charge is 0.330 e. The normalized spacial score (nSPS) is 25.8. The van der Waals surface area contributed by atoms with Gasteiger partial charge in [0.1, 0.15) is 0 Å². The molecule has 0 bridgehead atoms. The van der Waals surface area contributed by atoms with Crippen LogP contribution in [0.15, 0.2) is 18.2 Å². The average molecular weight is 294 g/mol. The zero-order chi connectivity index (χ0) is 15.5. The van der Waals surface area contributed by atoms with E-state index in [-0.39, 0.29) is 5.41 Å². The van der Waals surface area contributed by atoms with E-state index in [0.29, 0.717) is 18.5 Å². The Hall–Kier alpha value is -1.49. The molecule has 0 atom stereocenters. The molecule has 0 heterocycles.